The Labute approximate surface area is 171 Å². The highest BCUT2D eigenvalue weighted by Gasteiger charge is 2.29. The summed E-state index contributed by atoms with van der Waals surface area (Å²) in [5.41, 5.74) is 0.777. The van der Waals surface area contributed by atoms with E-state index in [4.69, 9.17) is 4.42 Å². The molecule has 1 aromatic heterocycles. The highest BCUT2D eigenvalue weighted by atomic mass is 19.1. The number of carbonyl (C=O) groups is 1. The van der Waals surface area contributed by atoms with Crippen LogP contribution in [-0.4, -0.2) is 41.0 Å². The number of carbonyl (C=O) groups excluding carboxylic acids is 1. The highest BCUT2D eigenvalue weighted by molar-refractivity contribution is 5.76. The van der Waals surface area contributed by atoms with Gasteiger partial charge in [-0.05, 0) is 43.5 Å². The lowest BCUT2D eigenvalue weighted by atomic mass is 10.1. The molecule has 2 aliphatic rings. The van der Waals surface area contributed by atoms with Gasteiger partial charge in [0.1, 0.15) is 5.82 Å². The Bertz CT molecular complexity index is 797. The van der Waals surface area contributed by atoms with Crippen LogP contribution in [0.4, 0.5) is 4.39 Å². The maximum Gasteiger partial charge on any atom is 0.220 e. The van der Waals surface area contributed by atoms with E-state index in [2.05, 4.69) is 15.2 Å². The van der Waals surface area contributed by atoms with Crippen molar-refractivity contribution in [1.82, 2.24) is 15.2 Å². The van der Waals surface area contributed by atoms with Crippen molar-refractivity contribution in [3.63, 3.8) is 0 Å². The first-order valence-corrected chi connectivity index (χ1v) is 10.9. The second-order valence-corrected chi connectivity index (χ2v) is 8.32. The molecule has 1 amide bonds. The SMILES string of the molecule is O=C(CCc1ncc(-c2ccc(F)cc2)o1)N[C@@H]1CCN(C2CCCCCC2)C1. The summed E-state index contributed by atoms with van der Waals surface area (Å²) >= 11 is 0. The van der Waals surface area contributed by atoms with E-state index in [1.807, 2.05) is 0 Å². The first kappa shape index (κ1) is 20.1. The van der Waals surface area contributed by atoms with Gasteiger partial charge in [-0.3, -0.25) is 9.69 Å². The number of rotatable bonds is 6. The third-order valence-electron chi connectivity index (χ3n) is 6.17. The summed E-state index contributed by atoms with van der Waals surface area (Å²) in [5.74, 6) is 0.898. The summed E-state index contributed by atoms with van der Waals surface area (Å²) in [6.07, 6.45) is 11.5. The van der Waals surface area contributed by atoms with Gasteiger partial charge in [-0.25, -0.2) is 9.37 Å². The maximum absolute atomic E-state index is 13.0. The number of amides is 1. The van der Waals surface area contributed by atoms with Crippen LogP contribution in [-0.2, 0) is 11.2 Å². The molecule has 2 fully saturated rings. The molecule has 4 rings (SSSR count). The van der Waals surface area contributed by atoms with Crippen LogP contribution in [0.25, 0.3) is 11.3 Å². The topological polar surface area (TPSA) is 58.4 Å². The number of aryl methyl sites for hydroxylation is 1. The van der Waals surface area contributed by atoms with E-state index in [9.17, 15) is 9.18 Å². The van der Waals surface area contributed by atoms with Crippen LogP contribution < -0.4 is 5.32 Å². The van der Waals surface area contributed by atoms with Gasteiger partial charge < -0.3 is 9.73 Å². The summed E-state index contributed by atoms with van der Waals surface area (Å²) in [7, 11) is 0. The Kier molecular flexibility index (Phi) is 6.60. The molecule has 0 radical (unpaired) electrons. The number of halogens is 1. The molecule has 6 heteroatoms. The first-order valence-electron chi connectivity index (χ1n) is 10.9. The molecule has 5 nitrogen and oxygen atoms in total. The molecule has 0 unspecified atom stereocenters. The van der Waals surface area contributed by atoms with Gasteiger partial charge in [0.05, 0.1) is 6.20 Å². The normalized spacial score (nSPS) is 21.2. The molecule has 1 atom stereocenters. The van der Waals surface area contributed by atoms with E-state index >= 15 is 0 Å². The highest BCUT2D eigenvalue weighted by Crippen LogP contribution is 2.25. The zero-order valence-corrected chi connectivity index (χ0v) is 16.9. The maximum atomic E-state index is 13.0. The minimum absolute atomic E-state index is 0.0549. The van der Waals surface area contributed by atoms with E-state index in [1.165, 1.54) is 50.7 Å². The third-order valence-corrected chi connectivity index (χ3v) is 6.17. The van der Waals surface area contributed by atoms with Gasteiger partial charge in [0, 0.05) is 43.6 Å². The number of aromatic nitrogens is 1. The van der Waals surface area contributed by atoms with Gasteiger partial charge in [0.15, 0.2) is 11.7 Å². The molecular formula is C23H30FN3O2. The van der Waals surface area contributed by atoms with Crippen LogP contribution >= 0.6 is 0 Å². The smallest absolute Gasteiger partial charge is 0.220 e. The molecule has 1 saturated carbocycles. The number of hydrogen-bond acceptors (Lipinski definition) is 4. The van der Waals surface area contributed by atoms with Crippen LogP contribution in [0.3, 0.4) is 0 Å². The summed E-state index contributed by atoms with van der Waals surface area (Å²) in [6.45, 7) is 2.07. The third kappa shape index (κ3) is 5.44. The molecule has 156 valence electrons. The quantitative estimate of drug-likeness (QED) is 0.735. The molecule has 2 heterocycles. The fourth-order valence-electron chi connectivity index (χ4n) is 4.55. The Morgan fingerprint density at radius 1 is 1.14 bits per heavy atom. The van der Waals surface area contributed by atoms with Crippen LogP contribution in [0.2, 0.25) is 0 Å². The monoisotopic (exact) mass is 399 g/mol. The Morgan fingerprint density at radius 2 is 1.90 bits per heavy atom. The van der Waals surface area contributed by atoms with E-state index < -0.39 is 0 Å². The average Bonchev–Trinajstić information content (AvgIpc) is 3.30. The lowest BCUT2D eigenvalue weighted by Crippen LogP contribution is -2.39. The zero-order valence-electron chi connectivity index (χ0n) is 16.9. The summed E-state index contributed by atoms with van der Waals surface area (Å²) in [6, 6.07) is 7.07. The van der Waals surface area contributed by atoms with Gasteiger partial charge in [-0.15, -0.1) is 0 Å². The number of likely N-dealkylation sites (tertiary alicyclic amines) is 1. The molecule has 1 saturated heterocycles. The number of oxazole rings is 1. The van der Waals surface area contributed by atoms with E-state index in [0.717, 1.165) is 25.1 Å². The molecular weight excluding hydrogens is 369 g/mol. The van der Waals surface area contributed by atoms with Crippen molar-refractivity contribution < 1.29 is 13.6 Å². The zero-order chi connectivity index (χ0) is 20.1. The van der Waals surface area contributed by atoms with Crippen molar-refractivity contribution in [1.29, 1.82) is 0 Å². The molecule has 29 heavy (non-hydrogen) atoms. The summed E-state index contributed by atoms with van der Waals surface area (Å²) in [4.78, 5) is 19.2. The van der Waals surface area contributed by atoms with Crippen molar-refractivity contribution in [2.24, 2.45) is 0 Å². The number of hydrogen-bond donors (Lipinski definition) is 1. The first-order chi connectivity index (χ1) is 14.2. The standard InChI is InChI=1S/C23H30FN3O2/c24-18-9-7-17(8-10-18)21-15-25-23(29-21)12-11-22(28)26-19-13-14-27(16-19)20-5-3-1-2-4-6-20/h7-10,15,19-20H,1-6,11-14,16H2,(H,26,28)/t19-/m1/s1. The summed E-state index contributed by atoms with van der Waals surface area (Å²) < 4.78 is 18.8. The molecule has 2 aromatic rings. The van der Waals surface area contributed by atoms with Gasteiger partial charge >= 0.3 is 0 Å². The fourth-order valence-corrected chi connectivity index (χ4v) is 4.55. The average molecular weight is 400 g/mol. The minimum atomic E-state index is -0.283. The van der Waals surface area contributed by atoms with Crippen molar-refractivity contribution in [2.45, 2.75) is 69.9 Å². The molecule has 1 aliphatic carbocycles. The van der Waals surface area contributed by atoms with Crippen molar-refractivity contribution in [2.75, 3.05) is 13.1 Å². The Hall–Kier alpha value is -2.21. The number of nitrogens with one attached hydrogen (secondary N) is 1. The van der Waals surface area contributed by atoms with Gasteiger partial charge in [-0.1, -0.05) is 25.7 Å². The van der Waals surface area contributed by atoms with Crippen molar-refractivity contribution >= 4 is 5.91 Å². The molecule has 0 bridgehead atoms. The van der Waals surface area contributed by atoms with Gasteiger partial charge in [-0.2, -0.15) is 0 Å². The van der Waals surface area contributed by atoms with Crippen LogP contribution in [0.15, 0.2) is 34.9 Å². The predicted octanol–water partition coefficient (Wildman–Crippen LogP) is 4.33. The van der Waals surface area contributed by atoms with E-state index in [0.29, 0.717) is 30.5 Å². The van der Waals surface area contributed by atoms with Crippen LogP contribution in [0.1, 0.15) is 57.3 Å². The Balaban J connectivity index is 1.22. The lowest BCUT2D eigenvalue weighted by Gasteiger charge is -2.26. The van der Waals surface area contributed by atoms with Gasteiger partial charge in [0.2, 0.25) is 5.91 Å². The molecule has 1 aromatic carbocycles. The van der Waals surface area contributed by atoms with Crippen molar-refractivity contribution in [3.05, 3.63) is 42.2 Å². The molecule has 1 N–H and O–H groups in total. The second kappa shape index (κ2) is 9.53. The lowest BCUT2D eigenvalue weighted by molar-refractivity contribution is -0.121. The van der Waals surface area contributed by atoms with Crippen LogP contribution in [0.5, 0.6) is 0 Å². The predicted molar refractivity (Wildman–Crippen MR) is 110 cm³/mol. The number of benzene rings is 1. The fraction of sp³-hybridized carbons (Fsp3) is 0.565. The van der Waals surface area contributed by atoms with Gasteiger partial charge in [0.25, 0.3) is 0 Å². The largest absolute Gasteiger partial charge is 0.441 e. The second-order valence-electron chi connectivity index (χ2n) is 8.32. The van der Waals surface area contributed by atoms with Crippen LogP contribution in [0, 0.1) is 5.82 Å². The van der Waals surface area contributed by atoms with E-state index in [1.54, 1.807) is 18.3 Å². The van der Waals surface area contributed by atoms with Crippen molar-refractivity contribution in [3.8, 4) is 11.3 Å². The molecule has 0 spiro atoms. The Morgan fingerprint density at radius 3 is 2.66 bits per heavy atom. The summed E-state index contributed by atoms with van der Waals surface area (Å²) in [5, 5.41) is 3.19. The molecule has 1 aliphatic heterocycles. The number of nitrogens with zero attached hydrogens (tertiary/aromatic N) is 2. The minimum Gasteiger partial charge on any atom is -0.441 e. The van der Waals surface area contributed by atoms with E-state index in [-0.39, 0.29) is 17.8 Å².